The second-order valence-electron chi connectivity index (χ2n) is 5.86. The van der Waals surface area contributed by atoms with Crippen LogP contribution in [0.2, 0.25) is 0 Å². The summed E-state index contributed by atoms with van der Waals surface area (Å²) < 4.78 is 0.197. The summed E-state index contributed by atoms with van der Waals surface area (Å²) in [7, 11) is 0. The molecule has 0 atom stereocenters. The van der Waals surface area contributed by atoms with Gasteiger partial charge in [-0.3, -0.25) is 14.9 Å². The first-order valence-corrected chi connectivity index (χ1v) is 7.97. The van der Waals surface area contributed by atoms with Crippen LogP contribution in [0.3, 0.4) is 0 Å². The van der Waals surface area contributed by atoms with Crippen molar-refractivity contribution in [2.45, 2.75) is 31.9 Å². The first-order valence-electron chi connectivity index (χ1n) is 6.98. The number of nitrogens with zero attached hydrogens (tertiary/aromatic N) is 2. The largest absolute Gasteiger partial charge is 0.365 e. The van der Waals surface area contributed by atoms with Crippen molar-refractivity contribution in [2.24, 2.45) is 0 Å². The van der Waals surface area contributed by atoms with Gasteiger partial charge in [-0.2, -0.15) is 11.8 Å². The molecule has 1 aliphatic heterocycles. The summed E-state index contributed by atoms with van der Waals surface area (Å²) in [6.45, 7) is 7.40. The van der Waals surface area contributed by atoms with E-state index in [9.17, 15) is 14.9 Å². The minimum Gasteiger partial charge on any atom is -0.365 e. The maximum Gasteiger partial charge on any atom is 0.293 e. The summed E-state index contributed by atoms with van der Waals surface area (Å²) in [6, 6.07) is 4.77. The molecule has 21 heavy (non-hydrogen) atoms. The fourth-order valence-electron chi connectivity index (χ4n) is 2.42. The van der Waals surface area contributed by atoms with Gasteiger partial charge in [0.05, 0.1) is 4.92 Å². The third-order valence-electron chi connectivity index (χ3n) is 3.76. The molecule has 0 amide bonds. The third kappa shape index (κ3) is 3.75. The van der Waals surface area contributed by atoms with Crippen molar-refractivity contribution in [2.75, 3.05) is 23.7 Å². The van der Waals surface area contributed by atoms with E-state index in [1.54, 1.807) is 12.1 Å². The van der Waals surface area contributed by atoms with Crippen molar-refractivity contribution in [3.8, 4) is 0 Å². The van der Waals surface area contributed by atoms with Crippen molar-refractivity contribution in [3.63, 3.8) is 0 Å². The molecule has 114 valence electrons. The molecule has 0 aromatic heterocycles. The second-order valence-corrected chi connectivity index (χ2v) is 7.66. The summed E-state index contributed by atoms with van der Waals surface area (Å²) in [5.41, 5.74) is 1.02. The monoisotopic (exact) mass is 308 g/mol. The van der Waals surface area contributed by atoms with Gasteiger partial charge in [-0.25, -0.2) is 0 Å². The number of Topliss-reactive ketones (excluding diaryl/α,β-unsaturated/α-hetero) is 1. The highest BCUT2D eigenvalue weighted by molar-refractivity contribution is 8.00. The van der Waals surface area contributed by atoms with Crippen LogP contribution in [0.15, 0.2) is 18.2 Å². The Balaban J connectivity index is 2.34. The lowest BCUT2D eigenvalue weighted by atomic mass is 10.1. The van der Waals surface area contributed by atoms with Crippen LogP contribution in [0.4, 0.5) is 11.4 Å². The van der Waals surface area contributed by atoms with Gasteiger partial charge in [0.15, 0.2) is 5.78 Å². The van der Waals surface area contributed by atoms with E-state index in [0.29, 0.717) is 11.3 Å². The first-order chi connectivity index (χ1) is 9.80. The maximum absolute atomic E-state index is 11.4. The van der Waals surface area contributed by atoms with Crippen LogP contribution in [0, 0.1) is 10.1 Å². The minimum atomic E-state index is -0.398. The number of hydrogen-bond donors (Lipinski definition) is 0. The summed E-state index contributed by atoms with van der Waals surface area (Å²) >= 11 is 1.90. The average Bonchev–Trinajstić information content (AvgIpc) is 2.59. The summed E-state index contributed by atoms with van der Waals surface area (Å²) in [6.07, 6.45) is 0.975. The third-order valence-corrected chi connectivity index (χ3v) is 5.13. The van der Waals surface area contributed by atoms with E-state index in [-0.39, 0.29) is 16.2 Å². The summed E-state index contributed by atoms with van der Waals surface area (Å²) in [5, 5.41) is 11.3. The smallest absolute Gasteiger partial charge is 0.293 e. The first kappa shape index (κ1) is 15.8. The molecule has 1 fully saturated rings. The van der Waals surface area contributed by atoms with Crippen LogP contribution >= 0.6 is 11.8 Å². The van der Waals surface area contributed by atoms with Crippen LogP contribution in [-0.4, -0.2) is 34.3 Å². The Bertz CT molecular complexity index is 572. The maximum atomic E-state index is 11.4. The SMILES string of the molecule is CC(=O)c1ccc(N2CCSC(C)(C)CC2)c([N+](=O)[O-])c1. The predicted molar refractivity (Wildman–Crippen MR) is 86.5 cm³/mol. The lowest BCUT2D eigenvalue weighted by Crippen LogP contribution is -2.27. The van der Waals surface area contributed by atoms with Gasteiger partial charge in [-0.05, 0) is 25.5 Å². The Morgan fingerprint density at radius 3 is 2.71 bits per heavy atom. The van der Waals surface area contributed by atoms with E-state index in [1.807, 2.05) is 11.8 Å². The summed E-state index contributed by atoms with van der Waals surface area (Å²) in [4.78, 5) is 24.4. The highest BCUT2D eigenvalue weighted by atomic mass is 32.2. The van der Waals surface area contributed by atoms with E-state index in [1.165, 1.54) is 13.0 Å². The number of hydrogen-bond acceptors (Lipinski definition) is 5. The molecule has 0 saturated carbocycles. The van der Waals surface area contributed by atoms with Crippen LogP contribution < -0.4 is 4.90 Å². The molecule has 0 unspecified atom stereocenters. The van der Waals surface area contributed by atoms with E-state index in [4.69, 9.17) is 0 Å². The Kier molecular flexibility index (Phi) is 4.56. The van der Waals surface area contributed by atoms with E-state index < -0.39 is 4.92 Å². The van der Waals surface area contributed by atoms with Crippen molar-refractivity contribution in [3.05, 3.63) is 33.9 Å². The Hall–Kier alpha value is -1.56. The van der Waals surface area contributed by atoms with Crippen molar-refractivity contribution in [1.82, 2.24) is 0 Å². The van der Waals surface area contributed by atoms with Crippen LogP contribution in [0.1, 0.15) is 37.6 Å². The predicted octanol–water partition coefficient (Wildman–Crippen LogP) is 3.52. The van der Waals surface area contributed by atoms with Gasteiger partial charge >= 0.3 is 0 Å². The summed E-state index contributed by atoms with van der Waals surface area (Å²) in [5.74, 6) is 0.788. The van der Waals surface area contributed by atoms with Gasteiger partial charge in [-0.15, -0.1) is 0 Å². The Morgan fingerprint density at radius 2 is 2.10 bits per heavy atom. The molecule has 1 aromatic rings. The number of anilines is 1. The lowest BCUT2D eigenvalue weighted by Gasteiger charge is -2.24. The molecule has 0 bridgehead atoms. The number of carbonyl (C=O) groups is 1. The topological polar surface area (TPSA) is 63.5 Å². The second kappa shape index (κ2) is 6.05. The zero-order valence-electron chi connectivity index (χ0n) is 12.6. The van der Waals surface area contributed by atoms with Crippen LogP contribution in [-0.2, 0) is 0 Å². The normalized spacial score (nSPS) is 18.1. The van der Waals surface area contributed by atoms with E-state index >= 15 is 0 Å². The molecule has 0 aliphatic carbocycles. The molecule has 0 spiro atoms. The number of nitro groups is 1. The van der Waals surface area contributed by atoms with E-state index in [2.05, 4.69) is 18.7 Å². The molecule has 1 aliphatic rings. The molecule has 5 nitrogen and oxygen atoms in total. The quantitative estimate of drug-likeness (QED) is 0.485. The van der Waals surface area contributed by atoms with Crippen molar-refractivity contribution < 1.29 is 9.72 Å². The minimum absolute atomic E-state index is 0.0207. The molecule has 1 heterocycles. The highest BCUT2D eigenvalue weighted by Gasteiger charge is 2.27. The molecule has 0 radical (unpaired) electrons. The zero-order chi connectivity index (χ0) is 15.6. The van der Waals surface area contributed by atoms with Crippen molar-refractivity contribution >= 4 is 28.9 Å². The number of rotatable bonds is 3. The molecule has 0 N–H and O–H groups in total. The average molecular weight is 308 g/mol. The molecule has 1 saturated heterocycles. The van der Waals surface area contributed by atoms with Gasteiger partial charge in [0.25, 0.3) is 5.69 Å². The number of nitro benzene ring substituents is 1. The fraction of sp³-hybridized carbons (Fsp3) is 0.533. The van der Waals surface area contributed by atoms with Gasteiger partial charge in [0.2, 0.25) is 0 Å². The van der Waals surface area contributed by atoms with Gasteiger partial charge < -0.3 is 4.90 Å². The number of thioether (sulfide) groups is 1. The molecule has 2 rings (SSSR count). The van der Waals surface area contributed by atoms with Crippen molar-refractivity contribution in [1.29, 1.82) is 0 Å². The van der Waals surface area contributed by atoms with Crippen LogP contribution in [0.25, 0.3) is 0 Å². The number of carbonyl (C=O) groups excluding carboxylic acids is 1. The highest BCUT2D eigenvalue weighted by Crippen LogP contribution is 2.35. The standard InChI is InChI=1S/C15H20N2O3S/c1-11(18)12-4-5-13(14(10-12)17(19)20)16-7-6-15(2,3)21-9-8-16/h4-5,10H,6-9H2,1-3H3. The van der Waals surface area contributed by atoms with Gasteiger partial charge in [0, 0.05) is 35.2 Å². The molecule has 1 aromatic carbocycles. The fourth-order valence-corrected chi connectivity index (χ4v) is 3.52. The Morgan fingerprint density at radius 1 is 1.38 bits per heavy atom. The Labute approximate surface area is 128 Å². The van der Waals surface area contributed by atoms with E-state index in [0.717, 1.165) is 25.3 Å². The van der Waals surface area contributed by atoms with Gasteiger partial charge in [0.1, 0.15) is 5.69 Å². The lowest BCUT2D eigenvalue weighted by molar-refractivity contribution is -0.384. The van der Waals surface area contributed by atoms with Gasteiger partial charge in [-0.1, -0.05) is 13.8 Å². The molecular weight excluding hydrogens is 288 g/mol. The van der Waals surface area contributed by atoms with Crippen LogP contribution in [0.5, 0.6) is 0 Å². The molecule has 6 heteroatoms. The number of benzene rings is 1. The molecular formula is C15H20N2O3S. The number of ketones is 1. The zero-order valence-corrected chi connectivity index (χ0v) is 13.4.